The van der Waals surface area contributed by atoms with E-state index >= 15 is 0 Å². The highest BCUT2D eigenvalue weighted by molar-refractivity contribution is 5.85. The average Bonchev–Trinajstić information content (AvgIpc) is 2.31. The molecule has 25 heavy (non-hydrogen) atoms. The molecule has 4 nitrogen and oxygen atoms in total. The number of hydrogen-bond acceptors (Lipinski definition) is 3. The van der Waals surface area contributed by atoms with Gasteiger partial charge in [0.25, 0.3) is 0 Å². The van der Waals surface area contributed by atoms with Crippen molar-refractivity contribution in [3.8, 4) is 0 Å². The summed E-state index contributed by atoms with van der Waals surface area (Å²) < 4.78 is 141. The van der Waals surface area contributed by atoms with Crippen molar-refractivity contribution in [1.29, 1.82) is 0 Å². The van der Waals surface area contributed by atoms with Crippen molar-refractivity contribution in [2.75, 3.05) is 0 Å². The molecule has 0 aromatic heterocycles. The van der Waals surface area contributed by atoms with Gasteiger partial charge in [-0.3, -0.25) is 0 Å². The Morgan fingerprint density at radius 2 is 1.20 bits per heavy atom. The Morgan fingerprint density at radius 3 is 1.56 bits per heavy atom. The second-order valence-corrected chi connectivity index (χ2v) is 4.30. The van der Waals surface area contributed by atoms with E-state index in [1.54, 1.807) is 4.74 Å². The second-order valence-electron chi connectivity index (χ2n) is 4.30. The van der Waals surface area contributed by atoms with Gasteiger partial charge in [0.2, 0.25) is 0 Å². The molecule has 0 fully saturated rings. The van der Waals surface area contributed by atoms with Gasteiger partial charge in [-0.2, -0.15) is 48.3 Å². The fourth-order valence-electron chi connectivity index (χ4n) is 0.980. The monoisotopic (exact) mass is 400 g/mol. The van der Waals surface area contributed by atoms with E-state index in [1.807, 2.05) is 0 Å². The van der Waals surface area contributed by atoms with Gasteiger partial charge in [0.05, 0.1) is 0 Å². The highest BCUT2D eigenvalue weighted by Gasteiger charge is 2.72. The molecule has 15 heteroatoms. The van der Waals surface area contributed by atoms with Crippen LogP contribution in [0.25, 0.3) is 0 Å². The summed E-state index contributed by atoms with van der Waals surface area (Å²) in [6.45, 7) is 2.71. The minimum Gasteiger partial charge on any atom is -0.478 e. The number of carboxylic acid groups (broad SMARTS) is 1. The summed E-state index contributed by atoms with van der Waals surface area (Å²) in [7, 11) is 0. The lowest BCUT2D eigenvalue weighted by Gasteiger charge is -2.31. The van der Waals surface area contributed by atoms with Crippen LogP contribution in [0.2, 0.25) is 0 Å². The van der Waals surface area contributed by atoms with E-state index in [-0.39, 0.29) is 0 Å². The van der Waals surface area contributed by atoms with Gasteiger partial charge in [0.1, 0.15) is 0 Å². The van der Waals surface area contributed by atoms with Gasteiger partial charge in [-0.25, -0.2) is 14.3 Å². The number of carboxylic acids is 1. The molecule has 0 saturated heterocycles. The van der Waals surface area contributed by atoms with E-state index in [2.05, 4.69) is 11.3 Å². The van der Waals surface area contributed by atoms with Crippen molar-refractivity contribution in [3.63, 3.8) is 0 Å². The van der Waals surface area contributed by atoms with Gasteiger partial charge in [-0.15, -0.1) is 0 Å². The number of aliphatic carboxylic acids is 1. The predicted molar refractivity (Wildman–Crippen MR) is 54.0 cm³/mol. The Labute approximate surface area is 130 Å². The normalized spacial score (nSPS) is 14.5. The smallest absolute Gasteiger partial charge is 0.478 e. The number of hydrogen-bond donors (Lipinski definition) is 1. The lowest BCUT2D eigenvalue weighted by Crippen LogP contribution is -2.54. The Morgan fingerprint density at radius 1 is 0.800 bits per heavy atom. The molecule has 148 valence electrons. The van der Waals surface area contributed by atoms with Gasteiger partial charge in [0, 0.05) is 12.0 Å². The maximum Gasteiger partial charge on any atom is 0.483 e. The van der Waals surface area contributed by atoms with Crippen molar-refractivity contribution in [3.05, 3.63) is 12.2 Å². The van der Waals surface area contributed by atoms with Crippen LogP contribution in [0.15, 0.2) is 12.2 Å². The van der Waals surface area contributed by atoms with Crippen molar-refractivity contribution in [2.24, 2.45) is 0 Å². The third kappa shape index (κ3) is 6.30. The van der Waals surface area contributed by atoms with Crippen molar-refractivity contribution < 1.29 is 67.7 Å². The number of ether oxygens (including phenoxy) is 2. The first-order valence-electron chi connectivity index (χ1n) is 5.63. The Hall–Kier alpha value is -1.64. The van der Waals surface area contributed by atoms with Crippen LogP contribution >= 0.6 is 0 Å². The standard InChI is InChI=1S/C10H7F11O4/c1-4(5(22)23)2-3-6(11,12)24-9(18,19)10(20,21)25-8(16,17)7(13,14)15/h1-3H2,(H,22,23). The highest BCUT2D eigenvalue weighted by Crippen LogP contribution is 2.47. The zero-order valence-corrected chi connectivity index (χ0v) is 11.5. The largest absolute Gasteiger partial charge is 0.483 e. The van der Waals surface area contributed by atoms with E-state index in [0.29, 0.717) is 0 Å². The fraction of sp³-hybridized carbons (Fsp3) is 0.700. The Kier molecular flexibility index (Phi) is 6.48. The van der Waals surface area contributed by atoms with Crippen LogP contribution in [0.4, 0.5) is 48.3 Å². The van der Waals surface area contributed by atoms with E-state index < -0.39 is 55.0 Å². The fourth-order valence-corrected chi connectivity index (χ4v) is 0.980. The quantitative estimate of drug-likeness (QED) is 0.461. The van der Waals surface area contributed by atoms with Crippen LogP contribution in [0, 0.1) is 0 Å². The zero-order valence-electron chi connectivity index (χ0n) is 11.5. The summed E-state index contributed by atoms with van der Waals surface area (Å²) in [4.78, 5) is 10.2. The third-order valence-electron chi connectivity index (χ3n) is 2.22. The molecule has 0 amide bonds. The van der Waals surface area contributed by atoms with Crippen LogP contribution in [-0.2, 0) is 14.3 Å². The van der Waals surface area contributed by atoms with Gasteiger partial charge < -0.3 is 5.11 Å². The first kappa shape index (κ1) is 23.4. The molecule has 1 N–H and O–H groups in total. The summed E-state index contributed by atoms with van der Waals surface area (Å²) in [5, 5.41) is 8.28. The molecule has 0 saturated carbocycles. The van der Waals surface area contributed by atoms with Crippen LogP contribution in [0.3, 0.4) is 0 Å². The molecule has 0 atom stereocenters. The summed E-state index contributed by atoms with van der Waals surface area (Å²) in [5.74, 6) is -1.85. The summed E-state index contributed by atoms with van der Waals surface area (Å²) in [6, 6.07) is 0. The van der Waals surface area contributed by atoms with Crippen LogP contribution in [-0.4, -0.2) is 41.7 Å². The number of alkyl halides is 11. The molecule has 0 aromatic rings. The molecule has 0 radical (unpaired) electrons. The van der Waals surface area contributed by atoms with Crippen molar-refractivity contribution in [2.45, 2.75) is 43.5 Å². The summed E-state index contributed by atoms with van der Waals surface area (Å²) in [5.41, 5.74) is -0.974. The molecule has 0 rings (SSSR count). The minimum absolute atomic E-state index is 0.974. The lowest BCUT2D eigenvalue weighted by molar-refractivity contribution is -0.536. The number of rotatable bonds is 9. The highest BCUT2D eigenvalue weighted by atomic mass is 19.4. The lowest BCUT2D eigenvalue weighted by atomic mass is 10.1. The predicted octanol–water partition coefficient (Wildman–Crippen LogP) is 4.37. The van der Waals surface area contributed by atoms with Gasteiger partial charge in [-0.1, -0.05) is 6.58 Å². The van der Waals surface area contributed by atoms with Crippen LogP contribution in [0.5, 0.6) is 0 Å². The summed E-state index contributed by atoms with van der Waals surface area (Å²) >= 11 is 0. The molecule has 0 heterocycles. The van der Waals surface area contributed by atoms with Gasteiger partial charge in [0.15, 0.2) is 0 Å². The molecule has 0 bridgehead atoms. The van der Waals surface area contributed by atoms with Crippen molar-refractivity contribution in [1.82, 2.24) is 0 Å². The van der Waals surface area contributed by atoms with E-state index in [0.717, 1.165) is 0 Å². The molecule has 0 unspecified atom stereocenters. The maximum absolute atomic E-state index is 13.0. The van der Waals surface area contributed by atoms with E-state index in [1.165, 1.54) is 0 Å². The molecule has 0 aliphatic carbocycles. The molecule has 0 aliphatic heterocycles. The molecular formula is C10H7F11O4. The Balaban J connectivity index is 5.20. The van der Waals surface area contributed by atoms with Crippen LogP contribution in [0.1, 0.15) is 12.8 Å². The van der Waals surface area contributed by atoms with Crippen molar-refractivity contribution >= 4 is 5.97 Å². The molecule has 0 aromatic carbocycles. The first-order valence-corrected chi connectivity index (χ1v) is 5.63. The summed E-state index contributed by atoms with van der Waals surface area (Å²) in [6.07, 6.45) is -35.6. The van der Waals surface area contributed by atoms with Crippen LogP contribution < -0.4 is 0 Å². The van der Waals surface area contributed by atoms with Gasteiger partial charge >= 0.3 is 36.6 Å². The maximum atomic E-state index is 13.0. The zero-order chi connectivity index (χ0) is 20.5. The molecule has 0 aliphatic rings. The molecular weight excluding hydrogens is 393 g/mol. The second kappa shape index (κ2) is 6.93. The average molecular weight is 400 g/mol. The minimum atomic E-state index is -6.85. The third-order valence-corrected chi connectivity index (χ3v) is 2.22. The SMILES string of the molecule is C=C(CCC(F)(F)OC(F)(F)C(F)(F)OC(F)(F)C(F)(F)F)C(=O)O. The van der Waals surface area contributed by atoms with E-state index in [9.17, 15) is 53.1 Å². The topological polar surface area (TPSA) is 55.8 Å². The van der Waals surface area contributed by atoms with Gasteiger partial charge in [-0.05, 0) is 6.42 Å². The number of carbonyl (C=O) groups is 1. The number of halogens is 11. The van der Waals surface area contributed by atoms with E-state index in [4.69, 9.17) is 5.11 Å². The molecule has 0 spiro atoms. The first-order chi connectivity index (χ1) is 10.7. The Bertz CT molecular complexity index is 511.